The third-order valence-electron chi connectivity index (χ3n) is 4.22. The van der Waals surface area contributed by atoms with Gasteiger partial charge in [0, 0.05) is 16.2 Å². The normalized spacial score (nSPS) is 12.3. The first-order valence-electron chi connectivity index (χ1n) is 8.06. The summed E-state index contributed by atoms with van der Waals surface area (Å²) in [5.74, 6) is 1.10. The molecule has 3 aromatic rings. The lowest BCUT2D eigenvalue weighted by Crippen LogP contribution is -2.14. The van der Waals surface area contributed by atoms with Crippen molar-refractivity contribution >= 4 is 27.5 Å². The second kappa shape index (κ2) is 6.49. The van der Waals surface area contributed by atoms with Gasteiger partial charge in [-0.2, -0.15) is 5.10 Å². The van der Waals surface area contributed by atoms with Crippen molar-refractivity contribution in [1.82, 2.24) is 9.78 Å². The van der Waals surface area contributed by atoms with E-state index in [1.807, 2.05) is 38.1 Å². The van der Waals surface area contributed by atoms with E-state index in [0.29, 0.717) is 28.4 Å². The number of carbonyl (C=O) groups excluding carboxylic acids is 1. The highest BCUT2D eigenvalue weighted by atomic mass is 79.9. The Hall–Kier alpha value is -2.80. The van der Waals surface area contributed by atoms with Crippen molar-refractivity contribution in [2.75, 3.05) is 12.1 Å². The number of hydrogen-bond acceptors (Lipinski definition) is 4. The molecule has 6 nitrogen and oxygen atoms in total. The van der Waals surface area contributed by atoms with E-state index < -0.39 is 0 Å². The summed E-state index contributed by atoms with van der Waals surface area (Å²) < 4.78 is 13.4. The van der Waals surface area contributed by atoms with E-state index in [1.54, 1.807) is 22.9 Å². The van der Waals surface area contributed by atoms with E-state index in [-0.39, 0.29) is 12.7 Å². The van der Waals surface area contributed by atoms with Crippen LogP contribution in [-0.4, -0.2) is 22.5 Å². The van der Waals surface area contributed by atoms with Crippen LogP contribution in [-0.2, 0) is 0 Å². The molecule has 26 heavy (non-hydrogen) atoms. The van der Waals surface area contributed by atoms with Crippen molar-refractivity contribution in [3.05, 3.63) is 63.9 Å². The van der Waals surface area contributed by atoms with Crippen LogP contribution in [0.25, 0.3) is 5.69 Å². The number of anilines is 1. The predicted octanol–water partition coefficient (Wildman–Crippen LogP) is 4.23. The molecular formula is C19H16BrN3O3. The molecule has 0 unspecified atom stereocenters. The van der Waals surface area contributed by atoms with Crippen LogP contribution in [0.1, 0.15) is 21.7 Å². The molecule has 1 aliphatic rings. The molecule has 0 fully saturated rings. The van der Waals surface area contributed by atoms with Gasteiger partial charge < -0.3 is 14.8 Å². The number of aryl methyl sites for hydroxylation is 1. The standard InChI is InChI=1S/C19H16BrN3O3/c1-11-18(12(2)23(22-11)15-6-3-13(20)4-7-15)19(24)21-14-5-8-16-17(9-14)26-10-25-16/h3-9H,10H2,1-2H3,(H,21,24). The van der Waals surface area contributed by atoms with E-state index in [0.717, 1.165) is 15.9 Å². The number of rotatable bonds is 3. The van der Waals surface area contributed by atoms with Crippen LogP contribution in [0.2, 0.25) is 0 Å². The molecule has 7 heteroatoms. The van der Waals surface area contributed by atoms with E-state index in [1.165, 1.54) is 0 Å². The van der Waals surface area contributed by atoms with Gasteiger partial charge in [-0.3, -0.25) is 4.79 Å². The van der Waals surface area contributed by atoms with Gasteiger partial charge in [-0.05, 0) is 50.2 Å². The maximum Gasteiger partial charge on any atom is 0.259 e. The largest absolute Gasteiger partial charge is 0.454 e. The zero-order valence-electron chi connectivity index (χ0n) is 14.2. The molecule has 0 atom stereocenters. The van der Waals surface area contributed by atoms with Crippen molar-refractivity contribution in [2.45, 2.75) is 13.8 Å². The zero-order valence-corrected chi connectivity index (χ0v) is 15.8. The summed E-state index contributed by atoms with van der Waals surface area (Å²) in [5, 5.41) is 7.43. The first-order valence-corrected chi connectivity index (χ1v) is 8.85. The van der Waals surface area contributed by atoms with Gasteiger partial charge in [0.05, 0.1) is 22.6 Å². The van der Waals surface area contributed by atoms with Crippen LogP contribution < -0.4 is 14.8 Å². The molecule has 132 valence electrons. The van der Waals surface area contributed by atoms with Crippen molar-refractivity contribution in [2.24, 2.45) is 0 Å². The van der Waals surface area contributed by atoms with Gasteiger partial charge in [-0.1, -0.05) is 15.9 Å². The van der Waals surface area contributed by atoms with Crippen molar-refractivity contribution in [3.63, 3.8) is 0 Å². The third-order valence-corrected chi connectivity index (χ3v) is 4.75. The lowest BCUT2D eigenvalue weighted by Gasteiger charge is -2.08. The molecule has 0 spiro atoms. The van der Waals surface area contributed by atoms with E-state index in [4.69, 9.17) is 9.47 Å². The highest BCUT2D eigenvalue weighted by Gasteiger charge is 2.21. The van der Waals surface area contributed by atoms with Crippen LogP contribution in [0.15, 0.2) is 46.9 Å². The predicted molar refractivity (Wildman–Crippen MR) is 101 cm³/mol. The fourth-order valence-electron chi connectivity index (χ4n) is 2.97. The van der Waals surface area contributed by atoms with Gasteiger partial charge in [0.1, 0.15) is 0 Å². The van der Waals surface area contributed by atoms with Crippen LogP contribution in [0.5, 0.6) is 11.5 Å². The number of carbonyl (C=O) groups is 1. The molecule has 0 saturated heterocycles. The molecule has 0 aliphatic carbocycles. The highest BCUT2D eigenvalue weighted by Crippen LogP contribution is 2.34. The second-order valence-electron chi connectivity index (χ2n) is 5.96. The maximum absolute atomic E-state index is 12.8. The molecule has 2 aromatic carbocycles. The number of aromatic nitrogens is 2. The number of nitrogens with one attached hydrogen (secondary N) is 1. The fraction of sp³-hybridized carbons (Fsp3) is 0.158. The van der Waals surface area contributed by atoms with Crippen LogP contribution >= 0.6 is 15.9 Å². The number of fused-ring (bicyclic) bond motifs is 1. The molecule has 0 saturated carbocycles. The lowest BCUT2D eigenvalue weighted by atomic mass is 10.1. The molecule has 0 radical (unpaired) electrons. The molecule has 4 rings (SSSR count). The molecular weight excluding hydrogens is 398 g/mol. The fourth-order valence-corrected chi connectivity index (χ4v) is 3.24. The van der Waals surface area contributed by atoms with E-state index >= 15 is 0 Å². The SMILES string of the molecule is Cc1nn(-c2ccc(Br)cc2)c(C)c1C(=O)Nc1ccc2c(c1)OCO2. The monoisotopic (exact) mass is 413 g/mol. The highest BCUT2D eigenvalue weighted by molar-refractivity contribution is 9.10. The molecule has 0 bridgehead atoms. The van der Waals surface area contributed by atoms with Crippen LogP contribution in [0.4, 0.5) is 5.69 Å². The molecule has 2 heterocycles. The van der Waals surface area contributed by atoms with Gasteiger partial charge in [0.15, 0.2) is 11.5 Å². The average Bonchev–Trinajstić information content (AvgIpc) is 3.19. The van der Waals surface area contributed by atoms with Gasteiger partial charge >= 0.3 is 0 Å². The summed E-state index contributed by atoms with van der Waals surface area (Å²) >= 11 is 3.42. The Morgan fingerprint density at radius 3 is 2.62 bits per heavy atom. The van der Waals surface area contributed by atoms with Crippen LogP contribution in [0.3, 0.4) is 0 Å². The second-order valence-corrected chi connectivity index (χ2v) is 6.87. The Bertz CT molecular complexity index is 996. The molecule has 1 aliphatic heterocycles. The van der Waals surface area contributed by atoms with Gasteiger partial charge in [-0.25, -0.2) is 4.68 Å². The minimum Gasteiger partial charge on any atom is -0.454 e. The van der Waals surface area contributed by atoms with Gasteiger partial charge in [-0.15, -0.1) is 0 Å². The lowest BCUT2D eigenvalue weighted by molar-refractivity contribution is 0.102. The first kappa shape index (κ1) is 16.7. The molecule has 1 aromatic heterocycles. The number of hydrogen-bond donors (Lipinski definition) is 1. The number of nitrogens with zero attached hydrogens (tertiary/aromatic N) is 2. The minimum absolute atomic E-state index is 0.199. The quantitative estimate of drug-likeness (QED) is 0.697. The van der Waals surface area contributed by atoms with Crippen molar-refractivity contribution < 1.29 is 14.3 Å². The summed E-state index contributed by atoms with van der Waals surface area (Å²) in [6.07, 6.45) is 0. The van der Waals surface area contributed by atoms with E-state index in [2.05, 4.69) is 26.3 Å². The Labute approximate surface area is 158 Å². The number of ether oxygens (including phenoxy) is 2. The van der Waals surface area contributed by atoms with Crippen LogP contribution in [0, 0.1) is 13.8 Å². The summed E-state index contributed by atoms with van der Waals surface area (Å²) in [6, 6.07) is 13.1. The number of benzene rings is 2. The molecule has 1 amide bonds. The Kier molecular flexibility index (Phi) is 4.16. The Morgan fingerprint density at radius 1 is 1.12 bits per heavy atom. The van der Waals surface area contributed by atoms with Crippen molar-refractivity contribution in [1.29, 1.82) is 0 Å². The van der Waals surface area contributed by atoms with Gasteiger partial charge in [0.25, 0.3) is 5.91 Å². The smallest absolute Gasteiger partial charge is 0.259 e. The zero-order chi connectivity index (χ0) is 18.3. The first-order chi connectivity index (χ1) is 12.5. The Morgan fingerprint density at radius 2 is 1.85 bits per heavy atom. The number of halogens is 1. The minimum atomic E-state index is -0.206. The molecule has 1 N–H and O–H groups in total. The van der Waals surface area contributed by atoms with Gasteiger partial charge in [0.2, 0.25) is 6.79 Å². The Balaban J connectivity index is 1.63. The topological polar surface area (TPSA) is 65.4 Å². The summed E-state index contributed by atoms with van der Waals surface area (Å²) in [7, 11) is 0. The summed E-state index contributed by atoms with van der Waals surface area (Å²) in [5.41, 5.74) is 3.56. The summed E-state index contributed by atoms with van der Waals surface area (Å²) in [6.45, 7) is 3.92. The van der Waals surface area contributed by atoms with Crippen molar-refractivity contribution in [3.8, 4) is 17.2 Å². The average molecular weight is 414 g/mol. The third kappa shape index (κ3) is 2.94. The van der Waals surface area contributed by atoms with E-state index in [9.17, 15) is 4.79 Å². The number of amides is 1. The maximum atomic E-state index is 12.8. The summed E-state index contributed by atoms with van der Waals surface area (Å²) in [4.78, 5) is 12.8.